The van der Waals surface area contributed by atoms with Gasteiger partial charge in [0, 0.05) is 11.8 Å². The molecule has 1 atom stereocenters. The highest BCUT2D eigenvalue weighted by molar-refractivity contribution is 7.99. The Hall–Kier alpha value is -0.670. The quantitative estimate of drug-likeness (QED) is 0.764. The molecule has 0 spiro atoms. The van der Waals surface area contributed by atoms with Gasteiger partial charge in [-0.3, -0.25) is 0 Å². The first kappa shape index (κ1) is 13.8. The number of imidazole rings is 1. The van der Waals surface area contributed by atoms with Crippen LogP contribution in [-0.2, 0) is 12.4 Å². The van der Waals surface area contributed by atoms with Crippen molar-refractivity contribution in [1.29, 1.82) is 0 Å². The minimum atomic E-state index is 0.474. The van der Waals surface area contributed by atoms with Gasteiger partial charge in [0.25, 0.3) is 0 Å². The first-order chi connectivity index (χ1) is 8.65. The third-order valence-electron chi connectivity index (χ3n) is 3.26. The second kappa shape index (κ2) is 5.98. The summed E-state index contributed by atoms with van der Waals surface area (Å²) in [5, 5.41) is 0.663. The van der Waals surface area contributed by atoms with Gasteiger partial charge in [-0.1, -0.05) is 13.0 Å². The molecule has 98 valence electrons. The van der Waals surface area contributed by atoms with E-state index in [1.807, 2.05) is 11.8 Å². The van der Waals surface area contributed by atoms with Crippen molar-refractivity contribution in [3.63, 3.8) is 0 Å². The van der Waals surface area contributed by atoms with E-state index >= 15 is 0 Å². The SMILES string of the molecule is CSC(C)CCn1c(CCl)nc2cc(C)ccc21. The molecule has 1 aromatic heterocycles. The van der Waals surface area contributed by atoms with E-state index in [-0.39, 0.29) is 0 Å². The van der Waals surface area contributed by atoms with Crippen molar-refractivity contribution in [2.75, 3.05) is 6.26 Å². The number of benzene rings is 1. The molecule has 0 aliphatic rings. The van der Waals surface area contributed by atoms with Crippen LogP contribution in [0.15, 0.2) is 18.2 Å². The molecule has 0 aliphatic carbocycles. The summed E-state index contributed by atoms with van der Waals surface area (Å²) in [6, 6.07) is 6.41. The van der Waals surface area contributed by atoms with Crippen molar-refractivity contribution in [3.8, 4) is 0 Å². The maximum Gasteiger partial charge on any atom is 0.124 e. The molecule has 0 amide bonds. The molecule has 1 heterocycles. The number of nitrogens with zero attached hydrogens (tertiary/aromatic N) is 2. The minimum absolute atomic E-state index is 0.474. The molecular weight excluding hydrogens is 264 g/mol. The predicted molar refractivity (Wildman–Crippen MR) is 81.6 cm³/mol. The highest BCUT2D eigenvalue weighted by Crippen LogP contribution is 2.21. The van der Waals surface area contributed by atoms with Crippen LogP contribution in [0.1, 0.15) is 24.7 Å². The molecular formula is C14H19ClN2S. The molecule has 0 aliphatic heterocycles. The Kier molecular flexibility index (Phi) is 4.57. The molecule has 2 nitrogen and oxygen atoms in total. The van der Waals surface area contributed by atoms with Gasteiger partial charge in [-0.05, 0) is 37.3 Å². The molecule has 0 saturated heterocycles. The molecule has 0 fully saturated rings. The summed E-state index contributed by atoms with van der Waals surface area (Å²) in [7, 11) is 0. The van der Waals surface area contributed by atoms with Crippen LogP contribution in [-0.4, -0.2) is 21.1 Å². The fourth-order valence-electron chi connectivity index (χ4n) is 2.07. The summed E-state index contributed by atoms with van der Waals surface area (Å²) in [6.07, 6.45) is 3.30. The fourth-order valence-corrected chi connectivity index (χ4v) is 2.62. The van der Waals surface area contributed by atoms with Crippen molar-refractivity contribution in [1.82, 2.24) is 9.55 Å². The van der Waals surface area contributed by atoms with Crippen LogP contribution in [0.2, 0.25) is 0 Å². The lowest BCUT2D eigenvalue weighted by atomic mass is 10.2. The van der Waals surface area contributed by atoms with Gasteiger partial charge < -0.3 is 4.57 Å². The normalized spacial score (nSPS) is 13.1. The van der Waals surface area contributed by atoms with E-state index in [1.165, 1.54) is 11.1 Å². The number of aryl methyl sites for hydroxylation is 2. The molecule has 0 bridgehead atoms. The summed E-state index contributed by atoms with van der Waals surface area (Å²) in [4.78, 5) is 4.62. The number of hydrogen-bond acceptors (Lipinski definition) is 2. The average Bonchev–Trinajstić information content (AvgIpc) is 2.72. The van der Waals surface area contributed by atoms with Crippen LogP contribution in [0.3, 0.4) is 0 Å². The van der Waals surface area contributed by atoms with E-state index in [1.54, 1.807) is 0 Å². The second-order valence-corrected chi connectivity index (χ2v) is 6.18. The summed E-state index contributed by atoms with van der Waals surface area (Å²) in [5.41, 5.74) is 3.50. The molecule has 2 rings (SSSR count). The first-order valence-electron chi connectivity index (χ1n) is 6.20. The molecule has 0 radical (unpaired) electrons. The van der Waals surface area contributed by atoms with E-state index in [2.05, 4.69) is 47.9 Å². The molecule has 1 aromatic carbocycles. The lowest BCUT2D eigenvalue weighted by molar-refractivity contribution is 0.636. The van der Waals surface area contributed by atoms with Gasteiger partial charge in [-0.15, -0.1) is 11.6 Å². The molecule has 18 heavy (non-hydrogen) atoms. The number of fused-ring (bicyclic) bond motifs is 1. The van der Waals surface area contributed by atoms with E-state index < -0.39 is 0 Å². The van der Waals surface area contributed by atoms with Crippen LogP contribution < -0.4 is 0 Å². The zero-order valence-electron chi connectivity index (χ0n) is 11.1. The van der Waals surface area contributed by atoms with Crippen molar-refractivity contribution in [2.45, 2.75) is 37.9 Å². The standard InChI is InChI=1S/C14H19ClN2S/c1-10-4-5-13-12(8-10)16-14(9-15)17(13)7-6-11(2)18-3/h4-5,8,11H,6-7,9H2,1-3H3. The second-order valence-electron chi connectivity index (χ2n) is 4.64. The van der Waals surface area contributed by atoms with Crippen molar-refractivity contribution < 1.29 is 0 Å². The lowest BCUT2D eigenvalue weighted by Gasteiger charge is -2.11. The average molecular weight is 283 g/mol. The van der Waals surface area contributed by atoms with Gasteiger partial charge >= 0.3 is 0 Å². The summed E-state index contributed by atoms with van der Waals surface area (Å²) in [5.74, 6) is 1.45. The van der Waals surface area contributed by atoms with E-state index in [4.69, 9.17) is 11.6 Å². The van der Waals surface area contributed by atoms with Gasteiger partial charge in [-0.2, -0.15) is 11.8 Å². The molecule has 0 N–H and O–H groups in total. The maximum absolute atomic E-state index is 6.00. The van der Waals surface area contributed by atoms with Crippen LogP contribution in [0, 0.1) is 6.92 Å². The molecule has 2 aromatic rings. The smallest absolute Gasteiger partial charge is 0.124 e. The first-order valence-corrected chi connectivity index (χ1v) is 8.02. The third kappa shape index (κ3) is 2.83. The van der Waals surface area contributed by atoms with Gasteiger partial charge in [-0.25, -0.2) is 4.98 Å². The van der Waals surface area contributed by atoms with Gasteiger partial charge in [0.2, 0.25) is 0 Å². The zero-order valence-corrected chi connectivity index (χ0v) is 12.7. The summed E-state index contributed by atoms with van der Waals surface area (Å²) in [6.45, 7) is 5.34. The van der Waals surface area contributed by atoms with Crippen LogP contribution in [0.4, 0.5) is 0 Å². The Morgan fingerprint density at radius 2 is 2.22 bits per heavy atom. The molecule has 0 saturated carbocycles. The highest BCUT2D eigenvalue weighted by atomic mass is 35.5. The van der Waals surface area contributed by atoms with Crippen molar-refractivity contribution >= 4 is 34.4 Å². The van der Waals surface area contributed by atoms with Crippen LogP contribution in [0.25, 0.3) is 11.0 Å². The highest BCUT2D eigenvalue weighted by Gasteiger charge is 2.10. The Morgan fingerprint density at radius 3 is 2.89 bits per heavy atom. The summed E-state index contributed by atoms with van der Waals surface area (Å²) >= 11 is 7.91. The summed E-state index contributed by atoms with van der Waals surface area (Å²) < 4.78 is 2.26. The third-order valence-corrected chi connectivity index (χ3v) is 4.54. The van der Waals surface area contributed by atoms with E-state index in [9.17, 15) is 0 Å². The van der Waals surface area contributed by atoms with Gasteiger partial charge in [0.05, 0.1) is 16.9 Å². The minimum Gasteiger partial charge on any atom is -0.327 e. The van der Waals surface area contributed by atoms with Crippen LogP contribution in [0.5, 0.6) is 0 Å². The van der Waals surface area contributed by atoms with E-state index in [0.717, 1.165) is 24.3 Å². The van der Waals surface area contributed by atoms with Crippen molar-refractivity contribution in [2.24, 2.45) is 0 Å². The lowest BCUT2D eigenvalue weighted by Crippen LogP contribution is -2.07. The molecule has 4 heteroatoms. The Bertz CT molecular complexity index is 536. The number of halogens is 1. The van der Waals surface area contributed by atoms with Crippen LogP contribution >= 0.6 is 23.4 Å². The Labute approximate surface area is 118 Å². The number of hydrogen-bond donors (Lipinski definition) is 0. The van der Waals surface area contributed by atoms with Gasteiger partial charge in [0.15, 0.2) is 0 Å². The predicted octanol–water partition coefficient (Wildman–Crippen LogP) is 4.23. The molecule has 1 unspecified atom stereocenters. The van der Waals surface area contributed by atoms with Crippen molar-refractivity contribution in [3.05, 3.63) is 29.6 Å². The maximum atomic E-state index is 6.00. The number of aromatic nitrogens is 2. The fraction of sp³-hybridized carbons (Fsp3) is 0.500. The van der Waals surface area contributed by atoms with Gasteiger partial charge in [0.1, 0.15) is 5.82 Å². The number of alkyl halides is 1. The Balaban J connectivity index is 2.34. The largest absolute Gasteiger partial charge is 0.327 e. The zero-order chi connectivity index (χ0) is 13.1. The monoisotopic (exact) mass is 282 g/mol. The topological polar surface area (TPSA) is 17.8 Å². The number of rotatable bonds is 5. The van der Waals surface area contributed by atoms with E-state index in [0.29, 0.717) is 11.1 Å². The number of thioether (sulfide) groups is 1. The Morgan fingerprint density at radius 1 is 1.44 bits per heavy atom.